The molecule has 378 valence electrons. The molecule has 4 aliphatic carbocycles. The predicted octanol–water partition coefficient (Wildman–Crippen LogP) is 16.0. The van der Waals surface area contributed by atoms with Crippen molar-refractivity contribution in [3.05, 3.63) is 54.1 Å². The van der Waals surface area contributed by atoms with Gasteiger partial charge >= 0.3 is 36.5 Å². The maximum atomic E-state index is 13.2. The molecular formula is C51H68F10O6. The number of ether oxygens (including phenoxy) is 3. The van der Waals surface area contributed by atoms with Crippen LogP contribution in [0.15, 0.2) is 48.5 Å². The van der Waals surface area contributed by atoms with Crippen LogP contribution in [-0.4, -0.2) is 41.6 Å². The Hall–Kier alpha value is -3.72. The first-order valence-electron chi connectivity index (χ1n) is 24.5. The van der Waals surface area contributed by atoms with E-state index in [-0.39, 0.29) is 17.6 Å². The topological polar surface area (TPSA) is 82.1 Å². The van der Waals surface area contributed by atoms with Gasteiger partial charge in [-0.25, -0.2) is 0 Å². The van der Waals surface area contributed by atoms with E-state index in [0.29, 0.717) is 36.2 Å². The number of esters is 1. The molecule has 0 atom stereocenters. The number of benzene rings is 2. The van der Waals surface area contributed by atoms with Crippen LogP contribution in [0.1, 0.15) is 167 Å². The Balaban J connectivity index is 0.000000251. The van der Waals surface area contributed by atoms with E-state index in [4.69, 9.17) is 4.74 Å². The van der Waals surface area contributed by atoms with Gasteiger partial charge in [-0.3, -0.25) is 9.59 Å². The Kier molecular flexibility index (Phi) is 19.2. The van der Waals surface area contributed by atoms with E-state index in [9.17, 15) is 58.6 Å². The lowest BCUT2D eigenvalue weighted by atomic mass is 9.62. The number of carbonyl (C=O) groups is 2. The molecule has 0 radical (unpaired) electrons. The summed E-state index contributed by atoms with van der Waals surface area (Å²) in [5.41, 5.74) is -0.736. The first kappa shape index (κ1) is 54.2. The molecule has 2 aromatic carbocycles. The lowest BCUT2D eigenvalue weighted by Gasteiger charge is -2.42. The highest BCUT2D eigenvalue weighted by Gasteiger charge is 2.62. The molecule has 0 bridgehead atoms. The van der Waals surface area contributed by atoms with Crippen LogP contribution in [0.2, 0.25) is 0 Å². The summed E-state index contributed by atoms with van der Waals surface area (Å²) < 4.78 is 139. The van der Waals surface area contributed by atoms with Crippen LogP contribution in [0.5, 0.6) is 17.2 Å². The maximum Gasteiger partial charge on any atom is 0.499 e. The van der Waals surface area contributed by atoms with Crippen LogP contribution in [-0.2, 0) is 15.0 Å². The summed E-state index contributed by atoms with van der Waals surface area (Å²) in [4.78, 5) is 24.8. The van der Waals surface area contributed by atoms with Crippen molar-refractivity contribution >= 4 is 11.9 Å². The van der Waals surface area contributed by atoms with Gasteiger partial charge in [-0.1, -0.05) is 96.6 Å². The van der Waals surface area contributed by atoms with Gasteiger partial charge in [-0.2, -0.15) is 43.9 Å². The third-order valence-corrected chi connectivity index (χ3v) is 15.3. The Morgan fingerprint density at radius 3 is 1.30 bits per heavy atom. The Morgan fingerprint density at radius 1 is 0.522 bits per heavy atom. The van der Waals surface area contributed by atoms with Crippen molar-refractivity contribution in [2.24, 2.45) is 41.4 Å². The second-order valence-corrected chi connectivity index (χ2v) is 19.7. The van der Waals surface area contributed by atoms with Crippen molar-refractivity contribution in [2.75, 3.05) is 0 Å². The number of halogens is 10. The van der Waals surface area contributed by atoms with Gasteiger partial charge in [0.25, 0.3) is 0 Å². The zero-order chi connectivity index (χ0) is 49.0. The van der Waals surface area contributed by atoms with Crippen molar-refractivity contribution in [1.82, 2.24) is 0 Å². The number of aliphatic carboxylic acids is 1. The SMILES string of the molecule is CCCCCC1CCC([C@H]2CC[C@@](C(=O)O)(c3ccc(OC(F)(F)C(F)(F)F)cc3)CC2)CC1.CCCC[C@H]1CC[C@H]([C@H]2CC[C@H](C(=O)Oc3ccc(OC(F)(F)C(F)(F)F)cc3)CC2)CC1. The average Bonchev–Trinajstić information content (AvgIpc) is 3.29. The second-order valence-electron chi connectivity index (χ2n) is 19.7. The quantitative estimate of drug-likeness (QED) is 0.0736. The van der Waals surface area contributed by atoms with Crippen LogP contribution in [0.3, 0.4) is 0 Å². The van der Waals surface area contributed by atoms with E-state index in [2.05, 4.69) is 23.3 Å². The van der Waals surface area contributed by atoms with Crippen molar-refractivity contribution < 1.29 is 72.8 Å². The van der Waals surface area contributed by atoms with Crippen molar-refractivity contribution in [2.45, 2.75) is 192 Å². The molecule has 6 rings (SSSR count). The van der Waals surface area contributed by atoms with Crippen molar-refractivity contribution in [3.63, 3.8) is 0 Å². The summed E-state index contributed by atoms with van der Waals surface area (Å²) in [5, 5.41) is 10.0. The normalized spacial score (nSPS) is 27.6. The van der Waals surface area contributed by atoms with E-state index >= 15 is 0 Å². The van der Waals surface area contributed by atoms with Crippen LogP contribution in [0.4, 0.5) is 43.9 Å². The standard InChI is InChI=1S/C26H35F5O3.C25H33F5O3/c1-2-3-4-5-18-6-8-19(9-7-18)20-14-16-24(17-15-20,23(32)33)21-10-12-22(13-11-21)34-26(30,31)25(27,28)29;1-2-3-4-17-5-7-18(8-6-17)19-9-11-20(12-10-19)23(31)32-21-13-15-22(16-14-21)33-25(29,30)24(26,27)28/h10-13,18-20H,2-9,14-17H2,1H3,(H,32,33);13-20H,2-12H2,1H3/t18?,19?,20-,24-;17-,18-,19-,20-. The van der Waals surface area contributed by atoms with E-state index in [1.807, 2.05) is 0 Å². The third-order valence-electron chi connectivity index (χ3n) is 15.3. The number of hydrogen-bond acceptors (Lipinski definition) is 5. The van der Waals surface area contributed by atoms with Gasteiger partial charge in [-0.15, -0.1) is 0 Å². The van der Waals surface area contributed by atoms with Gasteiger partial charge in [0.05, 0.1) is 11.3 Å². The van der Waals surface area contributed by atoms with E-state index in [1.165, 1.54) is 108 Å². The highest BCUT2D eigenvalue weighted by atomic mass is 19.4. The Labute approximate surface area is 388 Å². The first-order valence-corrected chi connectivity index (χ1v) is 24.5. The fourth-order valence-corrected chi connectivity index (χ4v) is 11.2. The molecule has 6 nitrogen and oxygen atoms in total. The van der Waals surface area contributed by atoms with E-state index in [1.54, 1.807) is 0 Å². The zero-order valence-corrected chi connectivity index (χ0v) is 38.7. The molecule has 67 heavy (non-hydrogen) atoms. The van der Waals surface area contributed by atoms with Gasteiger partial charge in [0.1, 0.15) is 17.2 Å². The lowest BCUT2D eigenvalue weighted by molar-refractivity contribution is -0.360. The zero-order valence-electron chi connectivity index (χ0n) is 38.7. The molecule has 0 aliphatic heterocycles. The highest BCUT2D eigenvalue weighted by Crippen LogP contribution is 2.49. The Morgan fingerprint density at radius 2 is 0.896 bits per heavy atom. The van der Waals surface area contributed by atoms with Crippen LogP contribution in [0.25, 0.3) is 0 Å². The monoisotopic (exact) mass is 966 g/mol. The predicted molar refractivity (Wildman–Crippen MR) is 233 cm³/mol. The van der Waals surface area contributed by atoms with Gasteiger partial charge in [-0.05, 0) is 155 Å². The fraction of sp³-hybridized carbons (Fsp3) is 0.725. The lowest BCUT2D eigenvalue weighted by Crippen LogP contribution is -2.42. The third kappa shape index (κ3) is 14.9. The molecule has 0 amide bonds. The van der Waals surface area contributed by atoms with E-state index < -0.39 is 47.5 Å². The molecule has 4 fully saturated rings. The molecule has 1 N–H and O–H groups in total. The smallest absolute Gasteiger partial charge is 0.481 e. The summed E-state index contributed by atoms with van der Waals surface area (Å²) in [6.07, 6.45) is 2.86. The van der Waals surface area contributed by atoms with Gasteiger partial charge in [0, 0.05) is 0 Å². The number of carboxylic acids is 1. The summed E-state index contributed by atoms with van der Waals surface area (Å²) >= 11 is 0. The number of carbonyl (C=O) groups excluding carboxylic acids is 1. The van der Waals surface area contributed by atoms with Crippen LogP contribution >= 0.6 is 0 Å². The molecule has 16 heteroatoms. The number of unbranched alkanes of at least 4 members (excludes halogenated alkanes) is 3. The molecule has 0 unspecified atom stereocenters. The molecular weight excluding hydrogens is 899 g/mol. The minimum absolute atomic E-state index is 0.0928. The largest absolute Gasteiger partial charge is 0.499 e. The highest BCUT2D eigenvalue weighted by molar-refractivity contribution is 5.81. The molecule has 4 aliphatic rings. The van der Waals surface area contributed by atoms with Crippen molar-refractivity contribution in [3.8, 4) is 17.2 Å². The van der Waals surface area contributed by atoms with Gasteiger partial charge in [0.15, 0.2) is 0 Å². The average molecular weight is 967 g/mol. The molecule has 2 aromatic rings. The Bertz CT molecular complexity index is 1800. The summed E-state index contributed by atoms with van der Waals surface area (Å²) in [5.74, 6) is 1.40. The minimum Gasteiger partial charge on any atom is -0.481 e. The number of alkyl halides is 10. The number of carboxylic acid groups (broad SMARTS) is 1. The van der Waals surface area contributed by atoms with E-state index in [0.717, 1.165) is 92.7 Å². The van der Waals surface area contributed by atoms with Gasteiger partial charge in [0.2, 0.25) is 0 Å². The number of hydrogen-bond donors (Lipinski definition) is 1. The minimum atomic E-state index is -5.83. The first-order chi connectivity index (χ1) is 31.6. The molecule has 0 spiro atoms. The van der Waals surface area contributed by atoms with Crippen LogP contribution < -0.4 is 14.2 Å². The number of rotatable bonds is 17. The molecule has 0 heterocycles. The summed E-state index contributed by atoms with van der Waals surface area (Å²) in [6.45, 7) is 4.45. The summed E-state index contributed by atoms with van der Waals surface area (Å²) in [7, 11) is 0. The maximum absolute atomic E-state index is 13.2. The van der Waals surface area contributed by atoms with Crippen molar-refractivity contribution in [1.29, 1.82) is 0 Å². The summed E-state index contributed by atoms with van der Waals surface area (Å²) in [6, 6.07) is 8.75. The van der Waals surface area contributed by atoms with Gasteiger partial charge < -0.3 is 19.3 Å². The van der Waals surface area contributed by atoms with Crippen LogP contribution in [0, 0.1) is 41.4 Å². The molecule has 4 saturated carbocycles. The molecule has 0 aromatic heterocycles. The molecule has 0 saturated heterocycles. The fourth-order valence-electron chi connectivity index (χ4n) is 11.2. The second kappa shape index (κ2) is 23.7.